The number of hydrogen-bond acceptors (Lipinski definition) is 5. The number of unbranched alkanes of at least 4 members (excludes halogenated alkanes) is 1. The zero-order chi connectivity index (χ0) is 18.0. The number of rotatable bonds is 6. The van der Waals surface area contributed by atoms with Crippen molar-refractivity contribution < 1.29 is 4.42 Å². The average molecular weight is 380 g/mol. The molecule has 0 spiro atoms. The van der Waals surface area contributed by atoms with Crippen LogP contribution in [0.2, 0.25) is 5.02 Å². The molecule has 3 aromatic rings. The van der Waals surface area contributed by atoms with Crippen molar-refractivity contribution in [2.24, 2.45) is 0 Å². The Hall–Kier alpha value is -1.99. The van der Waals surface area contributed by atoms with Crippen LogP contribution in [0.15, 0.2) is 37.4 Å². The Morgan fingerprint density at radius 1 is 1.32 bits per heavy atom. The van der Waals surface area contributed by atoms with Gasteiger partial charge >= 0.3 is 11.3 Å². The predicted molar refractivity (Wildman–Crippen MR) is 99.5 cm³/mol. The summed E-state index contributed by atoms with van der Waals surface area (Å²) in [5, 5.41) is 8.58. The molecular formula is C17H18ClN3O3S. The van der Waals surface area contributed by atoms with Crippen LogP contribution in [-0.4, -0.2) is 14.8 Å². The van der Waals surface area contributed by atoms with Crippen molar-refractivity contribution in [2.45, 2.75) is 44.1 Å². The van der Waals surface area contributed by atoms with Gasteiger partial charge in [-0.2, -0.15) is 0 Å². The first-order chi connectivity index (χ1) is 12.0. The van der Waals surface area contributed by atoms with E-state index in [1.807, 2.05) is 6.92 Å². The predicted octanol–water partition coefficient (Wildman–Crippen LogP) is 3.73. The highest BCUT2D eigenvalue weighted by molar-refractivity contribution is 7.98. The summed E-state index contributed by atoms with van der Waals surface area (Å²) in [5.74, 6) is 0.484. The van der Waals surface area contributed by atoms with E-state index in [0.29, 0.717) is 28.1 Å². The van der Waals surface area contributed by atoms with Gasteiger partial charge in [-0.3, -0.25) is 4.57 Å². The molecule has 2 heterocycles. The summed E-state index contributed by atoms with van der Waals surface area (Å²) in [6.07, 6.45) is 1.89. The van der Waals surface area contributed by atoms with E-state index < -0.39 is 5.63 Å². The van der Waals surface area contributed by atoms with Crippen molar-refractivity contribution in [1.82, 2.24) is 14.8 Å². The molecule has 0 aliphatic carbocycles. The molecule has 0 saturated carbocycles. The van der Waals surface area contributed by atoms with Crippen molar-refractivity contribution in [3.05, 3.63) is 55.3 Å². The van der Waals surface area contributed by atoms with E-state index in [1.54, 1.807) is 16.7 Å². The van der Waals surface area contributed by atoms with Gasteiger partial charge in [0, 0.05) is 28.8 Å². The molecule has 0 unspecified atom stereocenters. The van der Waals surface area contributed by atoms with Gasteiger partial charge in [-0.25, -0.2) is 14.7 Å². The Morgan fingerprint density at radius 2 is 2.12 bits per heavy atom. The van der Waals surface area contributed by atoms with Crippen molar-refractivity contribution >= 4 is 34.3 Å². The van der Waals surface area contributed by atoms with E-state index in [9.17, 15) is 9.59 Å². The molecule has 1 N–H and O–H groups in total. The molecule has 3 rings (SSSR count). The minimum absolute atomic E-state index is 0.216. The lowest BCUT2D eigenvalue weighted by Crippen LogP contribution is -2.17. The van der Waals surface area contributed by atoms with Crippen molar-refractivity contribution in [2.75, 3.05) is 0 Å². The van der Waals surface area contributed by atoms with Crippen LogP contribution in [-0.2, 0) is 12.3 Å². The van der Waals surface area contributed by atoms with Gasteiger partial charge in [0.05, 0.1) is 0 Å². The Bertz CT molecular complexity index is 1020. The van der Waals surface area contributed by atoms with E-state index >= 15 is 0 Å². The highest BCUT2D eigenvalue weighted by Crippen LogP contribution is 2.28. The highest BCUT2D eigenvalue weighted by Gasteiger charge is 2.12. The number of fused-ring (bicyclic) bond motifs is 1. The average Bonchev–Trinajstić information content (AvgIpc) is 2.92. The number of aromatic nitrogens is 3. The molecule has 0 bridgehead atoms. The summed E-state index contributed by atoms with van der Waals surface area (Å²) >= 11 is 7.61. The van der Waals surface area contributed by atoms with E-state index in [4.69, 9.17) is 16.0 Å². The van der Waals surface area contributed by atoms with Crippen LogP contribution in [0.1, 0.15) is 30.9 Å². The lowest BCUT2D eigenvalue weighted by molar-refractivity contribution is 0.559. The SMILES string of the molecule is CCCCn1c(SCc2cc(=O)oc3cc(C)c(Cl)cc23)n[nH]c1=O. The third-order valence-electron chi connectivity index (χ3n) is 3.92. The summed E-state index contributed by atoms with van der Waals surface area (Å²) in [6.45, 7) is 4.55. The molecule has 0 amide bonds. The molecule has 0 fully saturated rings. The third-order valence-corrected chi connectivity index (χ3v) is 5.36. The van der Waals surface area contributed by atoms with Crippen LogP contribution in [0.5, 0.6) is 0 Å². The number of nitrogens with zero attached hydrogens (tertiary/aromatic N) is 2. The molecule has 132 valence electrons. The van der Waals surface area contributed by atoms with Gasteiger partial charge in [0.2, 0.25) is 0 Å². The number of hydrogen-bond donors (Lipinski definition) is 1. The van der Waals surface area contributed by atoms with Gasteiger partial charge in [-0.05, 0) is 36.6 Å². The smallest absolute Gasteiger partial charge is 0.343 e. The molecule has 8 heteroatoms. The summed E-state index contributed by atoms with van der Waals surface area (Å²) < 4.78 is 6.89. The Morgan fingerprint density at radius 3 is 2.88 bits per heavy atom. The van der Waals surface area contributed by atoms with Crippen LogP contribution < -0.4 is 11.3 Å². The molecule has 0 radical (unpaired) electrons. The number of halogens is 1. The van der Waals surface area contributed by atoms with Crippen molar-refractivity contribution in [3.8, 4) is 0 Å². The minimum Gasteiger partial charge on any atom is -0.423 e. The van der Waals surface area contributed by atoms with Crippen molar-refractivity contribution in [1.29, 1.82) is 0 Å². The molecule has 6 nitrogen and oxygen atoms in total. The first-order valence-electron chi connectivity index (χ1n) is 8.00. The second-order valence-electron chi connectivity index (χ2n) is 5.79. The highest BCUT2D eigenvalue weighted by atomic mass is 35.5. The van der Waals surface area contributed by atoms with Crippen molar-refractivity contribution in [3.63, 3.8) is 0 Å². The molecule has 1 aromatic carbocycles. The summed E-state index contributed by atoms with van der Waals surface area (Å²) in [7, 11) is 0. The second kappa shape index (κ2) is 7.49. The minimum atomic E-state index is -0.407. The summed E-state index contributed by atoms with van der Waals surface area (Å²) in [5.41, 5.74) is 1.54. The van der Waals surface area contributed by atoms with Gasteiger partial charge < -0.3 is 4.42 Å². The van der Waals surface area contributed by atoms with Crippen LogP contribution in [0.3, 0.4) is 0 Å². The Balaban J connectivity index is 1.93. The normalized spacial score (nSPS) is 11.3. The van der Waals surface area contributed by atoms with Crippen LogP contribution in [0.4, 0.5) is 0 Å². The maximum Gasteiger partial charge on any atom is 0.343 e. The third kappa shape index (κ3) is 3.82. The molecule has 2 aromatic heterocycles. The second-order valence-corrected chi connectivity index (χ2v) is 7.14. The van der Waals surface area contributed by atoms with Gasteiger partial charge in [-0.15, -0.1) is 5.10 Å². The van der Waals surface area contributed by atoms with E-state index in [0.717, 1.165) is 29.4 Å². The van der Waals surface area contributed by atoms with E-state index in [1.165, 1.54) is 17.8 Å². The fourth-order valence-electron chi connectivity index (χ4n) is 2.54. The quantitative estimate of drug-likeness (QED) is 0.521. The Labute approximate surface area is 153 Å². The fourth-order valence-corrected chi connectivity index (χ4v) is 3.66. The molecule has 0 atom stereocenters. The maximum atomic E-state index is 11.9. The fraction of sp³-hybridized carbons (Fsp3) is 0.353. The number of aryl methyl sites for hydroxylation is 1. The molecular weight excluding hydrogens is 362 g/mol. The molecule has 0 aliphatic rings. The molecule has 25 heavy (non-hydrogen) atoms. The molecule has 0 aliphatic heterocycles. The van der Waals surface area contributed by atoms with Gasteiger partial charge in [0.15, 0.2) is 5.16 Å². The standard InChI is InChI=1S/C17H18ClN3O3S/c1-3-4-5-21-16(23)19-20-17(21)25-9-11-7-15(22)24-14-6-10(2)13(18)8-12(11)14/h6-8H,3-5,9H2,1-2H3,(H,19,23). The molecule has 0 saturated heterocycles. The first kappa shape index (κ1) is 17.8. The van der Waals surface area contributed by atoms with Crippen LogP contribution in [0.25, 0.3) is 11.0 Å². The Kier molecular flexibility index (Phi) is 5.34. The summed E-state index contributed by atoms with van der Waals surface area (Å²) in [6, 6.07) is 5.03. The number of nitrogens with one attached hydrogen (secondary N) is 1. The largest absolute Gasteiger partial charge is 0.423 e. The monoisotopic (exact) mass is 379 g/mol. The van der Waals surface area contributed by atoms with Gasteiger partial charge in [-0.1, -0.05) is 36.7 Å². The summed E-state index contributed by atoms with van der Waals surface area (Å²) in [4.78, 5) is 23.7. The van der Waals surface area contributed by atoms with Crippen LogP contribution >= 0.6 is 23.4 Å². The lowest BCUT2D eigenvalue weighted by Gasteiger charge is -2.08. The van der Waals surface area contributed by atoms with Gasteiger partial charge in [0.1, 0.15) is 5.58 Å². The first-order valence-corrected chi connectivity index (χ1v) is 9.37. The zero-order valence-electron chi connectivity index (χ0n) is 14.0. The number of benzene rings is 1. The van der Waals surface area contributed by atoms with Gasteiger partial charge in [0.25, 0.3) is 0 Å². The topological polar surface area (TPSA) is 80.9 Å². The zero-order valence-corrected chi connectivity index (χ0v) is 15.5. The van der Waals surface area contributed by atoms with E-state index in [-0.39, 0.29) is 5.69 Å². The lowest BCUT2D eigenvalue weighted by atomic mass is 10.1. The number of thioether (sulfide) groups is 1. The maximum absolute atomic E-state index is 11.9. The van der Waals surface area contributed by atoms with E-state index in [2.05, 4.69) is 17.1 Å². The number of H-pyrrole nitrogens is 1. The number of aromatic amines is 1. The van der Waals surface area contributed by atoms with Crippen LogP contribution in [0, 0.1) is 6.92 Å².